The normalized spacial score (nSPS) is 18.2. The lowest BCUT2D eigenvalue weighted by Crippen LogP contribution is -2.49. The number of halogens is 1. The highest BCUT2D eigenvalue weighted by molar-refractivity contribution is 7.92. The van der Waals surface area contributed by atoms with Crippen molar-refractivity contribution in [3.63, 3.8) is 0 Å². The summed E-state index contributed by atoms with van der Waals surface area (Å²) in [7, 11) is -2.05. The van der Waals surface area contributed by atoms with E-state index in [0.717, 1.165) is 5.41 Å². The Bertz CT molecular complexity index is 723. The molecule has 1 amide bonds. The van der Waals surface area contributed by atoms with Gasteiger partial charge in [0.05, 0.1) is 25.4 Å². The van der Waals surface area contributed by atoms with Gasteiger partial charge in [-0.05, 0) is 18.2 Å². The van der Waals surface area contributed by atoms with Crippen LogP contribution in [0, 0.1) is 0 Å². The van der Waals surface area contributed by atoms with Gasteiger partial charge in [-0.3, -0.25) is 4.79 Å². The molecule has 1 aromatic rings. The third kappa shape index (κ3) is 4.70. The molecule has 1 unspecified atom stereocenters. The van der Waals surface area contributed by atoms with Crippen LogP contribution < -0.4 is 9.46 Å². The van der Waals surface area contributed by atoms with Crippen molar-refractivity contribution in [1.29, 1.82) is 0 Å². The standard InChI is InChI=1S/C15H19ClN2O5S/c1-3-24(20,21)17-9-12-10-18(6-7-23-12)15(19)13-8-11(16)4-5-14(13)22-2/h3-5,8,12,17H,1,6-7,9-10H2,2H3. The van der Waals surface area contributed by atoms with Crippen LogP contribution in [0.2, 0.25) is 5.02 Å². The van der Waals surface area contributed by atoms with E-state index in [4.69, 9.17) is 21.1 Å². The molecule has 0 spiro atoms. The average molecular weight is 375 g/mol. The predicted octanol–water partition coefficient (Wildman–Crippen LogP) is 1.25. The van der Waals surface area contributed by atoms with Crippen LogP contribution in [0.4, 0.5) is 0 Å². The van der Waals surface area contributed by atoms with Gasteiger partial charge in [0.2, 0.25) is 10.0 Å². The fourth-order valence-corrected chi connectivity index (χ4v) is 3.02. The van der Waals surface area contributed by atoms with E-state index in [1.807, 2.05) is 0 Å². The number of nitrogens with one attached hydrogen (secondary N) is 1. The Balaban J connectivity index is 2.08. The highest BCUT2D eigenvalue weighted by Gasteiger charge is 2.27. The summed E-state index contributed by atoms with van der Waals surface area (Å²) in [5.74, 6) is 0.189. The molecule has 0 saturated carbocycles. The maximum atomic E-state index is 12.7. The Morgan fingerprint density at radius 1 is 1.58 bits per heavy atom. The Labute approximate surface area is 146 Å². The van der Waals surface area contributed by atoms with Crippen molar-refractivity contribution in [2.75, 3.05) is 33.4 Å². The van der Waals surface area contributed by atoms with Gasteiger partial charge in [-0.2, -0.15) is 0 Å². The van der Waals surface area contributed by atoms with Gasteiger partial charge < -0.3 is 14.4 Å². The Morgan fingerprint density at radius 2 is 2.33 bits per heavy atom. The van der Waals surface area contributed by atoms with Crippen LogP contribution in [0.1, 0.15) is 10.4 Å². The zero-order valence-electron chi connectivity index (χ0n) is 13.2. The number of morpholine rings is 1. The fraction of sp³-hybridized carbons (Fsp3) is 0.400. The molecule has 1 aliphatic rings. The minimum absolute atomic E-state index is 0.0603. The van der Waals surface area contributed by atoms with Crippen molar-refractivity contribution >= 4 is 27.5 Å². The van der Waals surface area contributed by atoms with Gasteiger partial charge >= 0.3 is 0 Å². The van der Waals surface area contributed by atoms with Crippen LogP contribution in [0.25, 0.3) is 0 Å². The molecule has 2 rings (SSSR count). The monoisotopic (exact) mass is 374 g/mol. The number of nitrogens with zero attached hydrogens (tertiary/aromatic N) is 1. The van der Waals surface area contributed by atoms with Crippen molar-refractivity contribution in [3.05, 3.63) is 40.8 Å². The fourth-order valence-electron chi connectivity index (χ4n) is 2.31. The molecule has 1 aromatic carbocycles. The van der Waals surface area contributed by atoms with Gasteiger partial charge in [0, 0.05) is 30.1 Å². The van der Waals surface area contributed by atoms with Crippen LogP contribution in [0.3, 0.4) is 0 Å². The SMILES string of the molecule is C=CS(=O)(=O)NCC1CN(C(=O)c2cc(Cl)ccc2OC)CCO1. The summed E-state index contributed by atoms with van der Waals surface area (Å²) in [6, 6.07) is 4.82. The average Bonchev–Trinajstić information content (AvgIpc) is 2.59. The molecule has 0 aromatic heterocycles. The number of amides is 1. The Hall–Kier alpha value is -1.61. The van der Waals surface area contributed by atoms with E-state index in [1.54, 1.807) is 23.1 Å². The molecule has 1 atom stereocenters. The number of hydrogen-bond acceptors (Lipinski definition) is 5. The minimum atomic E-state index is -3.53. The molecule has 7 nitrogen and oxygen atoms in total. The van der Waals surface area contributed by atoms with Gasteiger partial charge in [-0.25, -0.2) is 13.1 Å². The summed E-state index contributed by atoms with van der Waals surface area (Å²) in [6.07, 6.45) is -0.442. The van der Waals surface area contributed by atoms with E-state index < -0.39 is 16.1 Å². The molecule has 1 aliphatic heterocycles. The van der Waals surface area contributed by atoms with Crippen LogP contribution in [0.5, 0.6) is 5.75 Å². The zero-order valence-corrected chi connectivity index (χ0v) is 14.8. The van der Waals surface area contributed by atoms with Crippen LogP contribution in [0.15, 0.2) is 30.2 Å². The van der Waals surface area contributed by atoms with Crippen molar-refractivity contribution in [2.45, 2.75) is 6.10 Å². The number of benzene rings is 1. The third-order valence-corrected chi connectivity index (χ3v) is 4.79. The predicted molar refractivity (Wildman–Crippen MR) is 90.8 cm³/mol. The van der Waals surface area contributed by atoms with E-state index in [9.17, 15) is 13.2 Å². The maximum absolute atomic E-state index is 12.7. The molecular formula is C15H19ClN2O5S. The summed E-state index contributed by atoms with van der Waals surface area (Å²) in [4.78, 5) is 14.3. The summed E-state index contributed by atoms with van der Waals surface area (Å²) >= 11 is 5.96. The van der Waals surface area contributed by atoms with Crippen LogP contribution in [-0.4, -0.2) is 58.7 Å². The Kier molecular flexibility index (Phi) is 6.22. The van der Waals surface area contributed by atoms with Gasteiger partial charge in [-0.1, -0.05) is 18.2 Å². The second kappa shape index (κ2) is 7.98. The zero-order chi connectivity index (χ0) is 17.7. The van der Waals surface area contributed by atoms with E-state index >= 15 is 0 Å². The first kappa shape index (κ1) is 18.7. The van der Waals surface area contributed by atoms with Gasteiger partial charge in [0.15, 0.2) is 0 Å². The van der Waals surface area contributed by atoms with Crippen molar-refractivity contribution < 1.29 is 22.7 Å². The van der Waals surface area contributed by atoms with E-state index in [2.05, 4.69) is 11.3 Å². The highest BCUT2D eigenvalue weighted by atomic mass is 35.5. The van der Waals surface area contributed by atoms with E-state index in [-0.39, 0.29) is 19.0 Å². The first-order valence-corrected chi connectivity index (χ1v) is 9.15. The summed E-state index contributed by atoms with van der Waals surface area (Å²) < 4.78 is 35.9. The van der Waals surface area contributed by atoms with Gasteiger partial charge in [0.25, 0.3) is 5.91 Å². The smallest absolute Gasteiger partial charge is 0.257 e. The Morgan fingerprint density at radius 3 is 3.00 bits per heavy atom. The van der Waals surface area contributed by atoms with Crippen molar-refractivity contribution in [2.24, 2.45) is 0 Å². The molecule has 0 bridgehead atoms. The summed E-state index contributed by atoms with van der Waals surface area (Å²) in [5, 5.41) is 1.26. The number of rotatable bonds is 6. The lowest BCUT2D eigenvalue weighted by atomic mass is 10.1. The van der Waals surface area contributed by atoms with Crippen LogP contribution in [-0.2, 0) is 14.8 Å². The molecule has 24 heavy (non-hydrogen) atoms. The second-order valence-corrected chi connectivity index (χ2v) is 7.30. The molecule has 1 N–H and O–H groups in total. The molecule has 1 saturated heterocycles. The summed E-state index contributed by atoms with van der Waals surface area (Å²) in [6.45, 7) is 4.26. The van der Waals surface area contributed by atoms with Crippen LogP contribution >= 0.6 is 11.6 Å². The van der Waals surface area contributed by atoms with Crippen molar-refractivity contribution in [3.8, 4) is 5.75 Å². The van der Waals surface area contributed by atoms with Gasteiger partial charge in [-0.15, -0.1) is 0 Å². The van der Waals surface area contributed by atoms with E-state index in [1.165, 1.54) is 7.11 Å². The number of carbonyl (C=O) groups excluding carboxylic acids is 1. The molecule has 132 valence electrons. The molecular weight excluding hydrogens is 356 g/mol. The largest absolute Gasteiger partial charge is 0.496 e. The third-order valence-electron chi connectivity index (χ3n) is 3.55. The molecule has 9 heteroatoms. The maximum Gasteiger partial charge on any atom is 0.257 e. The summed E-state index contributed by atoms with van der Waals surface area (Å²) in [5.41, 5.74) is 0.359. The molecule has 1 fully saturated rings. The lowest BCUT2D eigenvalue weighted by molar-refractivity contribution is -0.0183. The first-order valence-electron chi connectivity index (χ1n) is 7.23. The quantitative estimate of drug-likeness (QED) is 0.810. The first-order chi connectivity index (χ1) is 11.4. The minimum Gasteiger partial charge on any atom is -0.496 e. The molecule has 1 heterocycles. The molecule has 0 radical (unpaired) electrons. The lowest BCUT2D eigenvalue weighted by Gasteiger charge is -2.33. The number of carbonyl (C=O) groups is 1. The number of sulfonamides is 1. The number of hydrogen-bond donors (Lipinski definition) is 1. The van der Waals surface area contributed by atoms with E-state index in [0.29, 0.717) is 29.5 Å². The topological polar surface area (TPSA) is 84.9 Å². The molecule has 0 aliphatic carbocycles. The van der Waals surface area contributed by atoms with Crippen molar-refractivity contribution in [1.82, 2.24) is 9.62 Å². The number of ether oxygens (including phenoxy) is 2. The highest BCUT2D eigenvalue weighted by Crippen LogP contribution is 2.24. The number of methoxy groups -OCH3 is 1. The second-order valence-electron chi connectivity index (χ2n) is 5.15. The van der Waals surface area contributed by atoms with Gasteiger partial charge in [0.1, 0.15) is 5.75 Å².